The minimum Gasteiger partial charge on any atom is -0.305 e. The van der Waals surface area contributed by atoms with Crippen LogP contribution in [-0.2, 0) is 0 Å². The van der Waals surface area contributed by atoms with Gasteiger partial charge in [0.15, 0.2) is 0 Å². The second-order valence-corrected chi connectivity index (χ2v) is 5.76. The van der Waals surface area contributed by atoms with Crippen molar-refractivity contribution in [2.45, 2.75) is 13.0 Å². The second-order valence-electron chi connectivity index (χ2n) is 4.84. The largest absolute Gasteiger partial charge is 0.305 e. The van der Waals surface area contributed by atoms with E-state index in [4.69, 9.17) is 0 Å². The van der Waals surface area contributed by atoms with Gasteiger partial charge in [0.25, 0.3) is 0 Å². The summed E-state index contributed by atoms with van der Waals surface area (Å²) in [7, 11) is 0. The maximum absolute atomic E-state index is 4.54. The highest BCUT2D eigenvalue weighted by molar-refractivity contribution is 9.10. The molecule has 3 aromatic rings. The van der Waals surface area contributed by atoms with Crippen molar-refractivity contribution in [1.82, 2.24) is 15.3 Å². The van der Waals surface area contributed by atoms with Crippen LogP contribution in [0.1, 0.15) is 24.2 Å². The number of hydrogen-bond acceptors (Lipinski definition) is 3. The second kappa shape index (κ2) is 6.33. The van der Waals surface area contributed by atoms with Gasteiger partial charge in [-0.3, -0.25) is 9.97 Å². The first-order valence-corrected chi connectivity index (χ1v) is 7.76. The molecule has 0 radical (unpaired) electrons. The lowest BCUT2D eigenvalue weighted by Crippen LogP contribution is -2.23. The third kappa shape index (κ3) is 2.96. The zero-order valence-corrected chi connectivity index (χ0v) is 13.3. The summed E-state index contributed by atoms with van der Waals surface area (Å²) in [5.74, 6) is 0. The van der Waals surface area contributed by atoms with Crippen LogP contribution in [0.4, 0.5) is 0 Å². The average molecular weight is 342 g/mol. The van der Waals surface area contributed by atoms with E-state index in [0.29, 0.717) is 0 Å². The Bertz CT molecular complexity index is 735. The van der Waals surface area contributed by atoms with Crippen molar-refractivity contribution in [3.05, 3.63) is 70.7 Å². The lowest BCUT2D eigenvalue weighted by atomic mass is 9.99. The van der Waals surface area contributed by atoms with Crippen LogP contribution >= 0.6 is 15.9 Å². The van der Waals surface area contributed by atoms with Crippen LogP contribution in [0.5, 0.6) is 0 Å². The minimum absolute atomic E-state index is 0.0432. The van der Waals surface area contributed by atoms with Crippen molar-refractivity contribution >= 4 is 26.7 Å². The topological polar surface area (TPSA) is 37.8 Å². The molecule has 3 nitrogen and oxygen atoms in total. The molecule has 0 saturated carbocycles. The van der Waals surface area contributed by atoms with E-state index in [-0.39, 0.29) is 6.04 Å². The van der Waals surface area contributed by atoms with E-state index in [0.717, 1.165) is 27.7 Å². The van der Waals surface area contributed by atoms with Crippen molar-refractivity contribution in [3.8, 4) is 0 Å². The van der Waals surface area contributed by atoms with Gasteiger partial charge in [0.1, 0.15) is 0 Å². The SMILES string of the molecule is CCNC(c1ccc(Br)cn1)c1cncc2ccccc12. The fraction of sp³-hybridized carbons (Fsp3) is 0.176. The minimum atomic E-state index is 0.0432. The molecule has 106 valence electrons. The Morgan fingerprint density at radius 1 is 1.10 bits per heavy atom. The lowest BCUT2D eigenvalue weighted by Gasteiger charge is -2.19. The number of hydrogen-bond donors (Lipinski definition) is 1. The highest BCUT2D eigenvalue weighted by Crippen LogP contribution is 2.27. The summed E-state index contributed by atoms with van der Waals surface area (Å²) < 4.78 is 0.984. The molecule has 1 N–H and O–H groups in total. The first kappa shape index (κ1) is 14.2. The van der Waals surface area contributed by atoms with Gasteiger partial charge < -0.3 is 5.32 Å². The van der Waals surface area contributed by atoms with E-state index in [2.05, 4.69) is 56.3 Å². The third-order valence-electron chi connectivity index (χ3n) is 3.46. The molecule has 3 rings (SSSR count). The van der Waals surface area contributed by atoms with Gasteiger partial charge in [-0.1, -0.05) is 31.2 Å². The fourth-order valence-corrected chi connectivity index (χ4v) is 2.74. The molecule has 0 aliphatic heterocycles. The Labute approximate surface area is 132 Å². The quantitative estimate of drug-likeness (QED) is 0.776. The smallest absolute Gasteiger partial charge is 0.0772 e. The molecule has 0 bridgehead atoms. The molecule has 0 aliphatic rings. The van der Waals surface area contributed by atoms with Gasteiger partial charge in [0.05, 0.1) is 11.7 Å². The molecule has 1 atom stereocenters. The van der Waals surface area contributed by atoms with E-state index in [1.807, 2.05) is 36.8 Å². The van der Waals surface area contributed by atoms with Crippen LogP contribution in [0.2, 0.25) is 0 Å². The molecule has 4 heteroatoms. The zero-order valence-electron chi connectivity index (χ0n) is 11.8. The summed E-state index contributed by atoms with van der Waals surface area (Å²) in [6.45, 7) is 2.97. The first-order valence-electron chi connectivity index (χ1n) is 6.97. The molecule has 21 heavy (non-hydrogen) atoms. The van der Waals surface area contributed by atoms with E-state index in [1.54, 1.807) is 0 Å². The maximum atomic E-state index is 4.54. The molecular formula is C17H16BrN3. The zero-order chi connectivity index (χ0) is 14.7. The number of benzene rings is 1. The summed E-state index contributed by atoms with van der Waals surface area (Å²) in [5, 5.41) is 5.87. The van der Waals surface area contributed by atoms with Gasteiger partial charge in [-0.05, 0) is 40.0 Å². The highest BCUT2D eigenvalue weighted by atomic mass is 79.9. The maximum Gasteiger partial charge on any atom is 0.0772 e. The molecule has 1 unspecified atom stereocenters. The van der Waals surface area contributed by atoms with Gasteiger partial charge in [0.2, 0.25) is 0 Å². The highest BCUT2D eigenvalue weighted by Gasteiger charge is 2.17. The van der Waals surface area contributed by atoms with E-state index < -0.39 is 0 Å². The van der Waals surface area contributed by atoms with Gasteiger partial charge >= 0.3 is 0 Å². The van der Waals surface area contributed by atoms with Crippen molar-refractivity contribution in [2.24, 2.45) is 0 Å². The van der Waals surface area contributed by atoms with Crippen LogP contribution in [0.25, 0.3) is 10.8 Å². The van der Waals surface area contributed by atoms with Gasteiger partial charge in [-0.15, -0.1) is 0 Å². The van der Waals surface area contributed by atoms with Crippen LogP contribution in [-0.4, -0.2) is 16.5 Å². The summed E-state index contributed by atoms with van der Waals surface area (Å²) in [4.78, 5) is 8.93. The molecule has 2 heterocycles. The average Bonchev–Trinajstić information content (AvgIpc) is 2.53. The lowest BCUT2D eigenvalue weighted by molar-refractivity contribution is 0.617. The van der Waals surface area contributed by atoms with E-state index in [1.165, 1.54) is 5.39 Å². The molecule has 2 aromatic heterocycles. The molecule has 0 spiro atoms. The third-order valence-corrected chi connectivity index (χ3v) is 3.93. The Morgan fingerprint density at radius 2 is 1.95 bits per heavy atom. The molecular weight excluding hydrogens is 326 g/mol. The number of pyridine rings is 2. The summed E-state index contributed by atoms with van der Waals surface area (Å²) in [6.07, 6.45) is 5.66. The van der Waals surface area contributed by atoms with E-state index in [9.17, 15) is 0 Å². The normalized spacial score (nSPS) is 12.5. The Balaban J connectivity index is 2.13. The van der Waals surface area contributed by atoms with Crippen molar-refractivity contribution in [2.75, 3.05) is 6.54 Å². The Hall–Kier alpha value is -1.78. The number of nitrogens with zero attached hydrogens (tertiary/aromatic N) is 2. The molecule has 0 aliphatic carbocycles. The molecule has 1 aromatic carbocycles. The van der Waals surface area contributed by atoms with Crippen molar-refractivity contribution in [3.63, 3.8) is 0 Å². The van der Waals surface area contributed by atoms with Crippen LogP contribution in [0.3, 0.4) is 0 Å². The van der Waals surface area contributed by atoms with Crippen molar-refractivity contribution in [1.29, 1.82) is 0 Å². The summed E-state index contributed by atoms with van der Waals surface area (Å²) in [5.41, 5.74) is 2.16. The van der Waals surface area contributed by atoms with Gasteiger partial charge in [-0.25, -0.2) is 0 Å². The van der Waals surface area contributed by atoms with E-state index >= 15 is 0 Å². The molecule has 0 saturated heterocycles. The number of fused-ring (bicyclic) bond motifs is 1. The van der Waals surface area contributed by atoms with Crippen molar-refractivity contribution < 1.29 is 0 Å². The Morgan fingerprint density at radius 3 is 2.71 bits per heavy atom. The van der Waals surface area contributed by atoms with Crippen LogP contribution < -0.4 is 5.32 Å². The summed E-state index contributed by atoms with van der Waals surface area (Å²) in [6, 6.07) is 12.4. The van der Waals surface area contributed by atoms with Crippen LogP contribution in [0, 0.1) is 0 Å². The summed E-state index contributed by atoms with van der Waals surface area (Å²) >= 11 is 3.43. The van der Waals surface area contributed by atoms with Gasteiger partial charge in [-0.2, -0.15) is 0 Å². The number of halogens is 1. The predicted octanol–water partition coefficient (Wildman–Crippen LogP) is 4.09. The molecule has 0 fully saturated rings. The fourth-order valence-electron chi connectivity index (χ4n) is 2.51. The standard InChI is InChI=1S/C17H16BrN3/c1-2-20-17(16-8-7-13(18)10-21-16)15-11-19-9-12-5-3-4-6-14(12)15/h3-11,17,20H,2H2,1H3. The monoisotopic (exact) mass is 341 g/mol. The Kier molecular flexibility index (Phi) is 4.27. The number of rotatable bonds is 4. The predicted molar refractivity (Wildman–Crippen MR) is 89.2 cm³/mol. The number of aromatic nitrogens is 2. The first-order chi connectivity index (χ1) is 10.3. The number of nitrogens with one attached hydrogen (secondary N) is 1. The van der Waals surface area contributed by atoms with Gasteiger partial charge in [0, 0.05) is 34.0 Å². The van der Waals surface area contributed by atoms with Crippen LogP contribution in [0.15, 0.2) is 59.5 Å². The molecule has 0 amide bonds.